The molecule has 0 spiro atoms. The van der Waals surface area contributed by atoms with Crippen LogP contribution in [0.1, 0.15) is 51.9 Å². The molecule has 0 radical (unpaired) electrons. The smallest absolute Gasteiger partial charge is 0.155 e. The lowest BCUT2D eigenvalue weighted by atomic mass is 9.52. The SMILES string of the molecule is CC12CC[C@@H]3C4CCC(=O)C=C4[C@@H](O)CC3C1CCC2=O. The Morgan fingerprint density at radius 2 is 1.95 bits per heavy atom. The summed E-state index contributed by atoms with van der Waals surface area (Å²) in [5, 5.41) is 10.5. The van der Waals surface area contributed by atoms with Gasteiger partial charge in [-0.2, -0.15) is 0 Å². The molecule has 0 aliphatic heterocycles. The first-order valence-electron chi connectivity index (χ1n) is 8.46. The zero-order valence-electron chi connectivity index (χ0n) is 12.7. The van der Waals surface area contributed by atoms with Crippen LogP contribution in [0, 0.1) is 29.1 Å². The number of hydrogen-bond donors (Lipinski definition) is 1. The highest BCUT2D eigenvalue weighted by Crippen LogP contribution is 2.60. The van der Waals surface area contributed by atoms with E-state index in [9.17, 15) is 14.7 Å². The van der Waals surface area contributed by atoms with Gasteiger partial charge in [0.2, 0.25) is 0 Å². The molecule has 0 amide bonds. The molecule has 0 aromatic heterocycles. The molecule has 6 atom stereocenters. The Balaban J connectivity index is 1.68. The van der Waals surface area contributed by atoms with E-state index in [1.54, 1.807) is 6.08 Å². The van der Waals surface area contributed by atoms with E-state index in [4.69, 9.17) is 0 Å². The van der Waals surface area contributed by atoms with Crippen molar-refractivity contribution >= 4 is 11.6 Å². The number of ketones is 2. The normalized spacial score (nSPS) is 49.2. The summed E-state index contributed by atoms with van der Waals surface area (Å²) in [6.07, 6.45) is 7.39. The molecule has 0 saturated heterocycles. The number of fused-ring (bicyclic) bond motifs is 5. The van der Waals surface area contributed by atoms with E-state index >= 15 is 0 Å². The van der Waals surface area contributed by atoms with E-state index in [0.29, 0.717) is 35.9 Å². The van der Waals surface area contributed by atoms with E-state index in [2.05, 4.69) is 6.92 Å². The summed E-state index contributed by atoms with van der Waals surface area (Å²) in [5.74, 6) is 2.52. The third-order valence-electron chi connectivity index (χ3n) is 7.06. The molecule has 21 heavy (non-hydrogen) atoms. The molecule has 1 N–H and O–H groups in total. The zero-order valence-corrected chi connectivity index (χ0v) is 12.7. The van der Waals surface area contributed by atoms with Crippen LogP contribution < -0.4 is 0 Å². The summed E-state index contributed by atoms with van der Waals surface area (Å²) in [5.41, 5.74) is 0.868. The van der Waals surface area contributed by atoms with Gasteiger partial charge in [-0.25, -0.2) is 0 Å². The molecule has 0 bridgehead atoms. The lowest BCUT2D eigenvalue weighted by Gasteiger charge is -2.53. The summed E-state index contributed by atoms with van der Waals surface area (Å²) in [7, 11) is 0. The van der Waals surface area contributed by atoms with Crippen LogP contribution in [0.4, 0.5) is 0 Å². The second-order valence-corrected chi connectivity index (χ2v) is 7.86. The fourth-order valence-corrected chi connectivity index (χ4v) is 5.95. The van der Waals surface area contributed by atoms with Gasteiger partial charge in [0.1, 0.15) is 5.78 Å². The lowest BCUT2D eigenvalue weighted by molar-refractivity contribution is -0.132. The first-order chi connectivity index (χ1) is 10.0. The van der Waals surface area contributed by atoms with Crippen molar-refractivity contribution in [1.29, 1.82) is 0 Å². The number of carbonyl (C=O) groups is 2. The predicted molar refractivity (Wildman–Crippen MR) is 78.5 cm³/mol. The van der Waals surface area contributed by atoms with Crippen molar-refractivity contribution in [1.82, 2.24) is 0 Å². The van der Waals surface area contributed by atoms with E-state index in [1.807, 2.05) is 0 Å². The van der Waals surface area contributed by atoms with Crippen LogP contribution in [0.15, 0.2) is 11.6 Å². The number of hydrogen-bond acceptors (Lipinski definition) is 3. The second kappa shape index (κ2) is 4.52. The summed E-state index contributed by atoms with van der Waals surface area (Å²) in [6, 6.07) is 0. The highest BCUT2D eigenvalue weighted by atomic mass is 16.3. The molecule has 0 aromatic rings. The largest absolute Gasteiger partial charge is 0.389 e. The maximum Gasteiger partial charge on any atom is 0.155 e. The highest BCUT2D eigenvalue weighted by molar-refractivity contribution is 5.91. The summed E-state index contributed by atoms with van der Waals surface area (Å²) in [4.78, 5) is 24.0. The molecule has 3 saturated carbocycles. The predicted octanol–water partition coefficient (Wildman–Crippen LogP) is 2.67. The Kier molecular flexibility index (Phi) is 2.94. The molecule has 114 valence electrons. The molecule has 3 nitrogen and oxygen atoms in total. The maximum atomic E-state index is 12.3. The second-order valence-electron chi connectivity index (χ2n) is 7.86. The minimum atomic E-state index is -0.460. The minimum absolute atomic E-state index is 0.132. The van der Waals surface area contributed by atoms with Crippen molar-refractivity contribution in [2.24, 2.45) is 29.1 Å². The van der Waals surface area contributed by atoms with Crippen LogP contribution in [-0.2, 0) is 9.59 Å². The van der Waals surface area contributed by atoms with Crippen LogP contribution in [0.3, 0.4) is 0 Å². The van der Waals surface area contributed by atoms with Crippen LogP contribution in [0.25, 0.3) is 0 Å². The average molecular weight is 288 g/mol. The molecule has 4 unspecified atom stereocenters. The van der Waals surface area contributed by atoms with Gasteiger partial charge in [-0.3, -0.25) is 9.59 Å². The topological polar surface area (TPSA) is 54.4 Å². The van der Waals surface area contributed by atoms with Crippen molar-refractivity contribution in [3.63, 3.8) is 0 Å². The maximum absolute atomic E-state index is 12.3. The molecular formula is C18H24O3. The number of aliphatic hydroxyl groups excluding tert-OH is 1. The van der Waals surface area contributed by atoms with Crippen LogP contribution in [0.2, 0.25) is 0 Å². The number of rotatable bonds is 0. The Hall–Kier alpha value is -0.960. The van der Waals surface area contributed by atoms with Crippen LogP contribution >= 0.6 is 0 Å². The minimum Gasteiger partial charge on any atom is -0.389 e. The Morgan fingerprint density at radius 1 is 1.14 bits per heavy atom. The third kappa shape index (κ3) is 1.82. The van der Waals surface area contributed by atoms with Crippen molar-refractivity contribution in [2.75, 3.05) is 0 Å². The van der Waals surface area contributed by atoms with Gasteiger partial charge in [0.15, 0.2) is 5.78 Å². The first kappa shape index (κ1) is 13.7. The molecular weight excluding hydrogens is 264 g/mol. The van der Waals surface area contributed by atoms with Gasteiger partial charge in [0.05, 0.1) is 6.10 Å². The van der Waals surface area contributed by atoms with Crippen LogP contribution in [0.5, 0.6) is 0 Å². The van der Waals surface area contributed by atoms with Crippen molar-refractivity contribution in [3.8, 4) is 0 Å². The first-order valence-corrected chi connectivity index (χ1v) is 8.46. The average Bonchev–Trinajstić information content (AvgIpc) is 2.76. The molecule has 4 aliphatic carbocycles. The van der Waals surface area contributed by atoms with E-state index < -0.39 is 6.10 Å². The van der Waals surface area contributed by atoms with Gasteiger partial charge in [-0.05, 0) is 67.4 Å². The number of aliphatic hydroxyl groups is 1. The number of Topliss-reactive ketones (excluding diaryl/α,β-unsaturated/α-hetero) is 1. The van der Waals surface area contributed by atoms with E-state index in [0.717, 1.165) is 44.1 Å². The molecule has 3 heteroatoms. The summed E-state index contributed by atoms with van der Waals surface area (Å²) in [6.45, 7) is 2.16. The van der Waals surface area contributed by atoms with Gasteiger partial charge < -0.3 is 5.11 Å². The van der Waals surface area contributed by atoms with Gasteiger partial charge in [0.25, 0.3) is 0 Å². The molecule has 0 aromatic carbocycles. The fourth-order valence-electron chi connectivity index (χ4n) is 5.95. The van der Waals surface area contributed by atoms with E-state index in [-0.39, 0.29) is 11.2 Å². The Labute approximate surface area is 125 Å². The fraction of sp³-hybridized carbons (Fsp3) is 0.778. The molecule has 4 aliphatic rings. The monoisotopic (exact) mass is 288 g/mol. The van der Waals surface area contributed by atoms with Crippen LogP contribution in [-0.4, -0.2) is 22.8 Å². The van der Waals surface area contributed by atoms with E-state index in [1.165, 1.54) is 0 Å². The quantitative estimate of drug-likeness (QED) is 0.745. The van der Waals surface area contributed by atoms with Gasteiger partial charge in [0, 0.05) is 18.3 Å². The summed E-state index contributed by atoms with van der Waals surface area (Å²) >= 11 is 0. The van der Waals surface area contributed by atoms with Crippen molar-refractivity contribution in [3.05, 3.63) is 11.6 Å². The summed E-state index contributed by atoms with van der Waals surface area (Å²) < 4.78 is 0. The van der Waals surface area contributed by atoms with Gasteiger partial charge >= 0.3 is 0 Å². The molecule has 4 rings (SSSR count). The Bertz CT molecular complexity index is 535. The standard InChI is InChI=1S/C18H24O3/c1-18-7-6-12-11-3-2-10(19)8-14(11)16(20)9-13(12)15(18)4-5-17(18)21/h8,11-13,15-16,20H,2-7,9H2,1H3/t11?,12-,13?,15?,16+,18?/m1/s1. The zero-order chi connectivity index (χ0) is 14.8. The third-order valence-corrected chi connectivity index (χ3v) is 7.06. The molecule has 3 fully saturated rings. The van der Waals surface area contributed by atoms with Gasteiger partial charge in [-0.1, -0.05) is 6.92 Å². The van der Waals surface area contributed by atoms with Crippen molar-refractivity contribution < 1.29 is 14.7 Å². The Morgan fingerprint density at radius 3 is 2.76 bits per heavy atom. The van der Waals surface area contributed by atoms with Gasteiger partial charge in [-0.15, -0.1) is 0 Å². The van der Waals surface area contributed by atoms with Crippen molar-refractivity contribution in [2.45, 2.75) is 58.0 Å². The molecule has 0 heterocycles. The highest BCUT2D eigenvalue weighted by Gasteiger charge is 2.57. The lowest BCUT2D eigenvalue weighted by Crippen LogP contribution is -2.49. The number of carbonyl (C=O) groups excluding carboxylic acids is 2.